The molecule has 160 valence electrons. The highest BCUT2D eigenvalue weighted by atomic mass is 35.5. The Hall–Kier alpha value is -1.93. The van der Waals surface area contributed by atoms with Crippen molar-refractivity contribution >= 4 is 21.6 Å². The van der Waals surface area contributed by atoms with Gasteiger partial charge in [-0.3, -0.25) is 4.68 Å². The van der Waals surface area contributed by atoms with Gasteiger partial charge in [-0.25, -0.2) is 8.42 Å². The Balaban J connectivity index is 1.77. The van der Waals surface area contributed by atoms with E-state index in [1.54, 1.807) is 18.3 Å². The van der Waals surface area contributed by atoms with Gasteiger partial charge in [0.2, 0.25) is 10.0 Å². The predicted octanol–water partition coefficient (Wildman–Crippen LogP) is 3.99. The summed E-state index contributed by atoms with van der Waals surface area (Å²) in [5, 5.41) is 4.35. The molecule has 1 aromatic heterocycles. The molecule has 1 aromatic carbocycles. The molecule has 0 amide bonds. The summed E-state index contributed by atoms with van der Waals surface area (Å²) in [6.07, 6.45) is 9.87. The minimum atomic E-state index is -3.89. The van der Waals surface area contributed by atoms with E-state index in [4.69, 9.17) is 16.3 Å². The standard InChI is InChI=1S/C22H26ClN3O3S/c1-16-21(22(23)25(2)24-16)30(27,28)26-13-18-10-6-7-11-19(18)14-29-15-20(26)12-17-8-4-3-5-9-17/h3-8,10-11,17,20H,9,12-15H2,1-2H3. The third kappa shape index (κ3) is 4.12. The number of allylic oxidation sites excluding steroid dienone is 4. The lowest BCUT2D eigenvalue weighted by Gasteiger charge is -2.35. The molecule has 0 spiro atoms. The van der Waals surface area contributed by atoms with Gasteiger partial charge in [0, 0.05) is 19.6 Å². The second-order valence-electron chi connectivity index (χ2n) is 7.86. The minimum absolute atomic E-state index is 0.0776. The second kappa shape index (κ2) is 8.67. The van der Waals surface area contributed by atoms with Crippen LogP contribution in [0.3, 0.4) is 0 Å². The molecular weight excluding hydrogens is 422 g/mol. The first kappa shape index (κ1) is 21.3. The molecular formula is C22H26ClN3O3S. The number of halogens is 1. The summed E-state index contributed by atoms with van der Waals surface area (Å²) in [6.45, 7) is 2.77. The lowest BCUT2D eigenvalue weighted by Crippen LogP contribution is -2.44. The third-order valence-corrected chi connectivity index (χ3v) is 8.33. The molecule has 1 aliphatic carbocycles. The van der Waals surface area contributed by atoms with Crippen molar-refractivity contribution in [3.05, 3.63) is 70.5 Å². The van der Waals surface area contributed by atoms with Gasteiger partial charge in [0.05, 0.1) is 18.9 Å². The Bertz CT molecular complexity index is 1090. The first-order valence-electron chi connectivity index (χ1n) is 10.1. The van der Waals surface area contributed by atoms with E-state index in [0.29, 0.717) is 25.3 Å². The van der Waals surface area contributed by atoms with Gasteiger partial charge >= 0.3 is 0 Å². The van der Waals surface area contributed by atoms with Crippen LogP contribution in [0, 0.1) is 12.8 Å². The SMILES string of the molecule is Cc1nn(C)c(Cl)c1S(=O)(=O)N1Cc2ccccc2COCC1CC1C=CC=CC1. The van der Waals surface area contributed by atoms with E-state index >= 15 is 0 Å². The van der Waals surface area contributed by atoms with Crippen LogP contribution >= 0.6 is 11.6 Å². The maximum absolute atomic E-state index is 13.9. The highest BCUT2D eigenvalue weighted by molar-refractivity contribution is 7.89. The van der Waals surface area contributed by atoms with Crippen LogP contribution in [-0.4, -0.2) is 35.2 Å². The molecule has 2 aromatic rings. The lowest BCUT2D eigenvalue weighted by atomic mass is 9.93. The summed E-state index contributed by atoms with van der Waals surface area (Å²) in [7, 11) is -2.24. The Labute approximate surface area is 182 Å². The van der Waals surface area contributed by atoms with Crippen molar-refractivity contribution in [2.75, 3.05) is 6.61 Å². The van der Waals surface area contributed by atoms with E-state index in [2.05, 4.69) is 17.3 Å². The average Bonchev–Trinajstić information content (AvgIpc) is 2.97. The van der Waals surface area contributed by atoms with Crippen molar-refractivity contribution in [1.29, 1.82) is 0 Å². The van der Waals surface area contributed by atoms with E-state index in [1.165, 1.54) is 4.68 Å². The zero-order valence-electron chi connectivity index (χ0n) is 17.2. The number of aromatic nitrogens is 2. The van der Waals surface area contributed by atoms with Gasteiger partial charge in [-0.2, -0.15) is 9.40 Å². The van der Waals surface area contributed by atoms with Crippen molar-refractivity contribution < 1.29 is 13.2 Å². The lowest BCUT2D eigenvalue weighted by molar-refractivity contribution is 0.0605. The summed E-state index contributed by atoms with van der Waals surface area (Å²) in [4.78, 5) is 0.0776. The highest BCUT2D eigenvalue weighted by Gasteiger charge is 2.38. The van der Waals surface area contributed by atoms with Crippen LogP contribution < -0.4 is 0 Å². The maximum Gasteiger partial charge on any atom is 0.248 e. The number of benzene rings is 1. The summed E-state index contributed by atoms with van der Waals surface area (Å²) >= 11 is 6.37. The number of nitrogens with zero attached hydrogens (tertiary/aromatic N) is 3. The molecule has 4 rings (SSSR count). The fourth-order valence-electron chi connectivity index (χ4n) is 4.18. The van der Waals surface area contributed by atoms with Gasteiger partial charge in [-0.05, 0) is 36.8 Å². The predicted molar refractivity (Wildman–Crippen MR) is 117 cm³/mol. The molecule has 0 fully saturated rings. The first-order valence-corrected chi connectivity index (χ1v) is 11.9. The second-order valence-corrected chi connectivity index (χ2v) is 10.0. The molecule has 2 aliphatic rings. The van der Waals surface area contributed by atoms with E-state index in [-0.39, 0.29) is 28.6 Å². The Morgan fingerprint density at radius 1 is 1.23 bits per heavy atom. The molecule has 2 atom stereocenters. The smallest absolute Gasteiger partial charge is 0.248 e. The van der Waals surface area contributed by atoms with Gasteiger partial charge in [-0.15, -0.1) is 0 Å². The molecule has 2 heterocycles. The van der Waals surface area contributed by atoms with Crippen molar-refractivity contribution in [3.8, 4) is 0 Å². The van der Waals surface area contributed by atoms with Crippen molar-refractivity contribution in [3.63, 3.8) is 0 Å². The number of aryl methyl sites for hydroxylation is 2. The summed E-state index contributed by atoms with van der Waals surface area (Å²) in [6, 6.07) is 7.51. The first-order chi connectivity index (χ1) is 14.4. The van der Waals surface area contributed by atoms with Crippen LogP contribution in [0.2, 0.25) is 5.15 Å². The van der Waals surface area contributed by atoms with Crippen molar-refractivity contribution in [2.24, 2.45) is 13.0 Å². The molecule has 2 unspecified atom stereocenters. The van der Waals surface area contributed by atoms with Gasteiger partial charge in [0.15, 0.2) is 0 Å². The average molecular weight is 448 g/mol. The van der Waals surface area contributed by atoms with Crippen LogP contribution in [0.15, 0.2) is 53.5 Å². The van der Waals surface area contributed by atoms with E-state index in [9.17, 15) is 8.42 Å². The molecule has 1 aliphatic heterocycles. The number of fused-ring (bicyclic) bond motifs is 1. The fourth-order valence-corrected chi connectivity index (χ4v) is 6.49. The number of sulfonamides is 1. The quantitative estimate of drug-likeness (QED) is 0.710. The van der Waals surface area contributed by atoms with Gasteiger partial charge in [0.1, 0.15) is 10.0 Å². The molecule has 8 heteroatoms. The number of hydrogen-bond donors (Lipinski definition) is 0. The van der Waals surface area contributed by atoms with E-state index in [1.807, 2.05) is 36.4 Å². The zero-order chi connectivity index (χ0) is 21.3. The number of ether oxygens (including phenoxy) is 1. The van der Waals surface area contributed by atoms with Crippen LogP contribution in [0.5, 0.6) is 0 Å². The molecule has 6 nitrogen and oxygen atoms in total. The van der Waals surface area contributed by atoms with Crippen LogP contribution in [0.1, 0.15) is 29.7 Å². The topological polar surface area (TPSA) is 64.4 Å². The molecule has 0 saturated carbocycles. The largest absolute Gasteiger partial charge is 0.375 e. The summed E-state index contributed by atoms with van der Waals surface area (Å²) in [5.74, 6) is 0.265. The van der Waals surface area contributed by atoms with Gasteiger partial charge < -0.3 is 4.74 Å². The minimum Gasteiger partial charge on any atom is -0.375 e. The maximum atomic E-state index is 13.9. The highest BCUT2D eigenvalue weighted by Crippen LogP contribution is 2.33. The molecule has 0 N–H and O–H groups in total. The van der Waals surface area contributed by atoms with Crippen LogP contribution in [0.4, 0.5) is 0 Å². The fraction of sp³-hybridized carbons (Fsp3) is 0.409. The van der Waals surface area contributed by atoms with Crippen molar-refractivity contribution in [1.82, 2.24) is 14.1 Å². The van der Waals surface area contributed by atoms with Crippen LogP contribution in [0.25, 0.3) is 0 Å². The molecule has 0 saturated heterocycles. The normalized spacial score (nSPS) is 22.5. The monoisotopic (exact) mass is 447 g/mol. The van der Waals surface area contributed by atoms with Gasteiger partial charge in [-0.1, -0.05) is 60.2 Å². The number of hydrogen-bond acceptors (Lipinski definition) is 4. The molecule has 0 bridgehead atoms. The Morgan fingerprint density at radius 2 is 2.00 bits per heavy atom. The zero-order valence-corrected chi connectivity index (χ0v) is 18.7. The van der Waals surface area contributed by atoms with E-state index < -0.39 is 10.0 Å². The van der Waals surface area contributed by atoms with E-state index in [0.717, 1.165) is 17.5 Å². The van der Waals surface area contributed by atoms with Gasteiger partial charge in [0.25, 0.3) is 0 Å². The Morgan fingerprint density at radius 3 is 2.67 bits per heavy atom. The van der Waals surface area contributed by atoms with Crippen molar-refractivity contribution in [2.45, 2.75) is 43.9 Å². The van der Waals surface area contributed by atoms with Crippen LogP contribution in [-0.2, 0) is 35.0 Å². The molecule has 30 heavy (non-hydrogen) atoms. The summed E-state index contributed by atoms with van der Waals surface area (Å²) < 4.78 is 36.7. The Kier molecular flexibility index (Phi) is 6.16. The summed E-state index contributed by atoms with van der Waals surface area (Å²) in [5.41, 5.74) is 2.35. The number of rotatable bonds is 4. The molecule has 0 radical (unpaired) electrons. The third-order valence-electron chi connectivity index (χ3n) is 5.73.